The molecule has 0 unspecified atom stereocenters. The fourth-order valence-corrected chi connectivity index (χ4v) is 1.18. The summed E-state index contributed by atoms with van der Waals surface area (Å²) in [6.07, 6.45) is 0. The van der Waals surface area contributed by atoms with Crippen LogP contribution in [0, 0.1) is 0 Å². The molecule has 0 aliphatic carbocycles. The van der Waals surface area contributed by atoms with Crippen LogP contribution in [0.1, 0.15) is 6.92 Å². The van der Waals surface area contributed by atoms with E-state index in [2.05, 4.69) is 10.1 Å². The first-order chi connectivity index (χ1) is 8.43. The molecule has 0 fully saturated rings. The molecule has 5 nitrogen and oxygen atoms in total. The third kappa shape index (κ3) is 3.85. The van der Waals surface area contributed by atoms with Crippen LogP contribution >= 0.6 is 0 Å². The van der Waals surface area contributed by atoms with Gasteiger partial charge in [0.25, 0.3) is 0 Å². The summed E-state index contributed by atoms with van der Waals surface area (Å²) >= 11 is 0. The van der Waals surface area contributed by atoms with Gasteiger partial charge >= 0.3 is 6.61 Å². The molecule has 0 aliphatic rings. The lowest BCUT2D eigenvalue weighted by Crippen LogP contribution is -2.32. The number of rotatable bonds is 5. The maximum absolute atomic E-state index is 12.2. The largest absolute Gasteiger partial charge is 0.497 e. The van der Waals surface area contributed by atoms with Crippen molar-refractivity contribution in [3.8, 4) is 11.5 Å². The van der Waals surface area contributed by atoms with Gasteiger partial charge in [-0.25, -0.2) is 0 Å². The normalized spacial score (nSPS) is 12.1. The van der Waals surface area contributed by atoms with Gasteiger partial charge < -0.3 is 20.5 Å². The van der Waals surface area contributed by atoms with E-state index in [1.54, 1.807) is 0 Å². The maximum Gasteiger partial charge on any atom is 0.387 e. The summed E-state index contributed by atoms with van der Waals surface area (Å²) in [5.41, 5.74) is 5.45. The molecule has 3 N–H and O–H groups in total. The predicted molar refractivity (Wildman–Crippen MR) is 61.9 cm³/mol. The highest BCUT2D eigenvalue weighted by atomic mass is 19.3. The zero-order valence-corrected chi connectivity index (χ0v) is 9.94. The first kappa shape index (κ1) is 14.2. The van der Waals surface area contributed by atoms with E-state index in [1.165, 1.54) is 32.2 Å². The first-order valence-electron chi connectivity index (χ1n) is 5.13. The molecule has 0 spiro atoms. The van der Waals surface area contributed by atoms with E-state index < -0.39 is 18.6 Å². The Balaban J connectivity index is 2.99. The summed E-state index contributed by atoms with van der Waals surface area (Å²) in [7, 11) is 1.42. The van der Waals surface area contributed by atoms with Crippen LogP contribution < -0.4 is 20.5 Å². The second-order valence-corrected chi connectivity index (χ2v) is 3.52. The van der Waals surface area contributed by atoms with Gasteiger partial charge in [-0.05, 0) is 19.1 Å². The smallest absolute Gasteiger partial charge is 0.387 e. The van der Waals surface area contributed by atoms with Crippen LogP contribution in [-0.2, 0) is 4.79 Å². The highest BCUT2D eigenvalue weighted by Crippen LogP contribution is 2.30. The van der Waals surface area contributed by atoms with Gasteiger partial charge in [-0.2, -0.15) is 8.78 Å². The second-order valence-electron chi connectivity index (χ2n) is 3.52. The minimum Gasteiger partial charge on any atom is -0.497 e. The van der Waals surface area contributed by atoms with Crippen molar-refractivity contribution in [3.63, 3.8) is 0 Å². The van der Waals surface area contributed by atoms with Crippen molar-refractivity contribution in [1.82, 2.24) is 0 Å². The van der Waals surface area contributed by atoms with Gasteiger partial charge in [0, 0.05) is 6.07 Å². The van der Waals surface area contributed by atoms with Gasteiger partial charge in [0.15, 0.2) is 0 Å². The first-order valence-corrected chi connectivity index (χ1v) is 5.13. The number of anilines is 1. The minimum atomic E-state index is -2.98. The number of nitrogens with two attached hydrogens (primary N) is 1. The number of alkyl halides is 2. The second kappa shape index (κ2) is 6.15. The summed E-state index contributed by atoms with van der Waals surface area (Å²) in [6, 6.07) is 3.33. The summed E-state index contributed by atoms with van der Waals surface area (Å²) < 4.78 is 33.6. The molecule has 1 rings (SSSR count). The van der Waals surface area contributed by atoms with Crippen molar-refractivity contribution in [2.24, 2.45) is 5.73 Å². The highest BCUT2D eigenvalue weighted by molar-refractivity contribution is 5.95. The average molecular weight is 260 g/mol. The Bertz CT molecular complexity index is 425. The predicted octanol–water partition coefficient (Wildman–Crippen LogP) is 1.58. The topological polar surface area (TPSA) is 73.6 Å². The van der Waals surface area contributed by atoms with E-state index in [9.17, 15) is 13.6 Å². The van der Waals surface area contributed by atoms with E-state index in [0.717, 1.165) is 0 Å². The Morgan fingerprint density at radius 3 is 2.61 bits per heavy atom. The van der Waals surface area contributed by atoms with E-state index in [0.29, 0.717) is 5.75 Å². The number of hydrogen-bond donors (Lipinski definition) is 2. The van der Waals surface area contributed by atoms with Gasteiger partial charge in [-0.3, -0.25) is 4.79 Å². The van der Waals surface area contributed by atoms with Crippen LogP contribution in [0.4, 0.5) is 14.5 Å². The standard InChI is InChI=1S/C11H14F2N2O3/c1-6(14)10(16)15-8-5-7(17-2)3-4-9(8)18-11(12)13/h3-6,11H,14H2,1-2H3,(H,15,16)/t6-/m0/s1. The molecular weight excluding hydrogens is 246 g/mol. The number of nitrogens with one attached hydrogen (secondary N) is 1. The molecule has 0 aliphatic heterocycles. The van der Waals surface area contributed by atoms with Gasteiger partial charge in [0.05, 0.1) is 18.8 Å². The number of ether oxygens (including phenoxy) is 2. The fraction of sp³-hybridized carbons (Fsp3) is 0.364. The number of hydrogen-bond acceptors (Lipinski definition) is 4. The average Bonchev–Trinajstić information content (AvgIpc) is 2.30. The number of carbonyl (C=O) groups excluding carboxylic acids is 1. The SMILES string of the molecule is COc1ccc(OC(F)F)c(NC(=O)[C@H](C)N)c1. The van der Waals surface area contributed by atoms with Crippen LogP contribution in [0.5, 0.6) is 11.5 Å². The van der Waals surface area contributed by atoms with Crippen molar-refractivity contribution >= 4 is 11.6 Å². The van der Waals surface area contributed by atoms with Crippen LogP contribution in [-0.4, -0.2) is 25.7 Å². The Morgan fingerprint density at radius 2 is 2.11 bits per heavy atom. The fourth-order valence-electron chi connectivity index (χ4n) is 1.18. The van der Waals surface area contributed by atoms with Crippen LogP contribution in [0.3, 0.4) is 0 Å². The van der Waals surface area contributed by atoms with Crippen LogP contribution in [0.25, 0.3) is 0 Å². The lowest BCUT2D eigenvalue weighted by Gasteiger charge is -2.14. The molecule has 100 valence electrons. The summed E-state index contributed by atoms with van der Waals surface area (Å²) in [4.78, 5) is 11.4. The van der Waals surface area contributed by atoms with Gasteiger partial charge in [0.1, 0.15) is 11.5 Å². The van der Waals surface area contributed by atoms with Crippen molar-refractivity contribution in [1.29, 1.82) is 0 Å². The molecule has 0 saturated carbocycles. The zero-order valence-electron chi connectivity index (χ0n) is 9.94. The maximum atomic E-state index is 12.2. The van der Waals surface area contributed by atoms with E-state index in [-0.39, 0.29) is 11.4 Å². The number of benzene rings is 1. The summed E-state index contributed by atoms with van der Waals surface area (Å²) in [6.45, 7) is -1.51. The van der Waals surface area contributed by atoms with Crippen molar-refractivity contribution < 1.29 is 23.0 Å². The summed E-state index contributed by atoms with van der Waals surface area (Å²) in [5, 5.41) is 2.39. The van der Waals surface area contributed by atoms with E-state index in [4.69, 9.17) is 10.5 Å². The molecule has 0 bridgehead atoms. The number of methoxy groups -OCH3 is 1. The van der Waals surface area contributed by atoms with Gasteiger partial charge in [0.2, 0.25) is 5.91 Å². The number of halogens is 2. The molecule has 1 amide bonds. The molecule has 7 heteroatoms. The lowest BCUT2D eigenvalue weighted by molar-refractivity contribution is -0.117. The molecule has 0 aromatic heterocycles. The highest BCUT2D eigenvalue weighted by Gasteiger charge is 2.15. The molecule has 1 aromatic rings. The van der Waals surface area contributed by atoms with Crippen molar-refractivity contribution in [2.75, 3.05) is 12.4 Å². The minimum absolute atomic E-state index is 0.0805. The van der Waals surface area contributed by atoms with Gasteiger partial charge in [-0.15, -0.1) is 0 Å². The molecular formula is C11H14F2N2O3. The molecule has 18 heavy (non-hydrogen) atoms. The van der Waals surface area contributed by atoms with Crippen LogP contribution in [0.2, 0.25) is 0 Å². The third-order valence-electron chi connectivity index (χ3n) is 2.07. The molecule has 1 aromatic carbocycles. The van der Waals surface area contributed by atoms with Gasteiger partial charge in [-0.1, -0.05) is 0 Å². The number of carbonyl (C=O) groups is 1. The Kier molecular flexibility index (Phi) is 4.85. The monoisotopic (exact) mass is 260 g/mol. The Morgan fingerprint density at radius 1 is 1.44 bits per heavy atom. The zero-order chi connectivity index (χ0) is 13.7. The van der Waals surface area contributed by atoms with Crippen molar-refractivity contribution in [3.05, 3.63) is 18.2 Å². The van der Waals surface area contributed by atoms with E-state index >= 15 is 0 Å². The number of amides is 1. The van der Waals surface area contributed by atoms with Crippen LogP contribution in [0.15, 0.2) is 18.2 Å². The Hall–Kier alpha value is -1.89. The molecule has 1 atom stereocenters. The van der Waals surface area contributed by atoms with Crippen molar-refractivity contribution in [2.45, 2.75) is 19.6 Å². The lowest BCUT2D eigenvalue weighted by atomic mass is 10.2. The third-order valence-corrected chi connectivity index (χ3v) is 2.07. The molecule has 0 radical (unpaired) electrons. The summed E-state index contributed by atoms with van der Waals surface area (Å²) in [5.74, 6) is -0.265. The molecule has 0 saturated heterocycles. The Labute approximate surface area is 103 Å². The quantitative estimate of drug-likeness (QED) is 0.843. The molecule has 0 heterocycles. The van der Waals surface area contributed by atoms with E-state index in [1.807, 2.05) is 0 Å².